The first-order chi connectivity index (χ1) is 9.83. The van der Waals surface area contributed by atoms with Crippen molar-refractivity contribution >= 4 is 0 Å². The van der Waals surface area contributed by atoms with E-state index in [1.165, 1.54) is 57.3 Å². The third kappa shape index (κ3) is 3.83. The average molecular weight is 272 g/mol. The van der Waals surface area contributed by atoms with Gasteiger partial charge in [-0.05, 0) is 57.1 Å². The molecule has 0 spiro atoms. The van der Waals surface area contributed by atoms with Gasteiger partial charge in [-0.2, -0.15) is 0 Å². The Balaban J connectivity index is 1.42. The van der Waals surface area contributed by atoms with Crippen LogP contribution in [0, 0.1) is 5.92 Å². The zero-order valence-electron chi connectivity index (χ0n) is 12.7. The first-order valence-electron chi connectivity index (χ1n) is 8.34. The minimum absolute atomic E-state index is 0.666. The molecule has 2 aliphatic rings. The summed E-state index contributed by atoms with van der Waals surface area (Å²) < 4.78 is 0. The molecule has 2 nitrogen and oxygen atoms in total. The predicted molar refractivity (Wildman–Crippen MR) is 84.9 cm³/mol. The molecule has 110 valence electrons. The molecule has 2 atom stereocenters. The van der Waals surface area contributed by atoms with Crippen LogP contribution in [-0.4, -0.2) is 36.6 Å². The number of benzene rings is 1. The molecule has 2 unspecified atom stereocenters. The minimum atomic E-state index is 0.666. The summed E-state index contributed by atoms with van der Waals surface area (Å²) in [5.41, 5.74) is 1.49. The van der Waals surface area contributed by atoms with Crippen LogP contribution in [0.3, 0.4) is 0 Å². The Morgan fingerprint density at radius 1 is 1.15 bits per heavy atom. The van der Waals surface area contributed by atoms with Gasteiger partial charge in [0.15, 0.2) is 0 Å². The third-order valence-electron chi connectivity index (χ3n) is 4.82. The van der Waals surface area contributed by atoms with Crippen LogP contribution in [0.15, 0.2) is 30.3 Å². The highest BCUT2D eigenvalue weighted by atomic mass is 15.2. The van der Waals surface area contributed by atoms with E-state index in [0.717, 1.165) is 12.0 Å². The first-order valence-corrected chi connectivity index (χ1v) is 8.34. The van der Waals surface area contributed by atoms with Gasteiger partial charge in [0.2, 0.25) is 0 Å². The quantitative estimate of drug-likeness (QED) is 0.801. The molecule has 1 saturated heterocycles. The highest BCUT2D eigenvalue weighted by Gasteiger charge is 2.37. The Hall–Kier alpha value is -0.860. The van der Waals surface area contributed by atoms with E-state index in [4.69, 9.17) is 0 Å². The lowest BCUT2D eigenvalue weighted by Crippen LogP contribution is -2.56. The molecular weight excluding hydrogens is 244 g/mol. The Morgan fingerprint density at radius 3 is 2.70 bits per heavy atom. The molecule has 1 aromatic rings. The second-order valence-corrected chi connectivity index (χ2v) is 6.65. The van der Waals surface area contributed by atoms with Gasteiger partial charge in [0.25, 0.3) is 0 Å². The second-order valence-electron chi connectivity index (χ2n) is 6.65. The lowest BCUT2D eigenvalue weighted by atomic mass is 10.0. The number of hydrogen-bond donors (Lipinski definition) is 1. The predicted octanol–water partition coefficient (Wildman–Crippen LogP) is 3.08. The molecule has 0 bridgehead atoms. The SMILES string of the molecule is CC1CN(CCCCc2ccccc2)C(C2CC2)CN1. The molecule has 1 N–H and O–H groups in total. The third-order valence-corrected chi connectivity index (χ3v) is 4.82. The van der Waals surface area contributed by atoms with Gasteiger partial charge in [-0.25, -0.2) is 0 Å². The van der Waals surface area contributed by atoms with Gasteiger partial charge in [0.1, 0.15) is 0 Å². The van der Waals surface area contributed by atoms with E-state index in [2.05, 4.69) is 47.5 Å². The van der Waals surface area contributed by atoms with Crippen LogP contribution < -0.4 is 5.32 Å². The summed E-state index contributed by atoms with van der Waals surface area (Å²) in [5.74, 6) is 0.990. The second kappa shape index (κ2) is 6.73. The fraction of sp³-hybridized carbons (Fsp3) is 0.667. The average Bonchev–Trinajstić information content (AvgIpc) is 3.29. The lowest BCUT2D eigenvalue weighted by Gasteiger charge is -2.39. The molecule has 1 heterocycles. The van der Waals surface area contributed by atoms with E-state index in [9.17, 15) is 0 Å². The van der Waals surface area contributed by atoms with Gasteiger partial charge in [-0.1, -0.05) is 30.3 Å². The monoisotopic (exact) mass is 272 g/mol. The summed E-state index contributed by atoms with van der Waals surface area (Å²) in [7, 11) is 0. The van der Waals surface area contributed by atoms with E-state index in [-0.39, 0.29) is 0 Å². The van der Waals surface area contributed by atoms with Crippen molar-refractivity contribution in [3.05, 3.63) is 35.9 Å². The van der Waals surface area contributed by atoms with Crippen LogP contribution in [0.25, 0.3) is 0 Å². The number of rotatable bonds is 6. The fourth-order valence-corrected chi connectivity index (χ4v) is 3.49. The van der Waals surface area contributed by atoms with Gasteiger partial charge in [0.05, 0.1) is 0 Å². The van der Waals surface area contributed by atoms with E-state index in [1.807, 2.05) is 0 Å². The van der Waals surface area contributed by atoms with E-state index in [1.54, 1.807) is 0 Å². The van der Waals surface area contributed by atoms with Crippen molar-refractivity contribution < 1.29 is 0 Å². The Bertz CT molecular complexity index is 399. The van der Waals surface area contributed by atoms with Crippen molar-refractivity contribution in [3.8, 4) is 0 Å². The van der Waals surface area contributed by atoms with Gasteiger partial charge >= 0.3 is 0 Å². The van der Waals surface area contributed by atoms with E-state index in [0.29, 0.717) is 6.04 Å². The summed E-state index contributed by atoms with van der Waals surface area (Å²) in [5, 5.41) is 3.66. The lowest BCUT2D eigenvalue weighted by molar-refractivity contribution is 0.117. The first kappa shape index (κ1) is 14.1. The largest absolute Gasteiger partial charge is 0.311 e. The standard InChI is InChI=1S/C18H28N2/c1-15-14-20(18(13-19-15)17-10-11-17)12-6-5-9-16-7-3-2-4-8-16/h2-4,7-8,15,17-19H,5-6,9-14H2,1H3. The van der Waals surface area contributed by atoms with Crippen molar-refractivity contribution in [1.82, 2.24) is 10.2 Å². The molecule has 1 saturated carbocycles. The van der Waals surface area contributed by atoms with Gasteiger partial charge < -0.3 is 5.32 Å². The van der Waals surface area contributed by atoms with Crippen LogP contribution in [0.4, 0.5) is 0 Å². The molecular formula is C18H28N2. The van der Waals surface area contributed by atoms with Gasteiger partial charge in [-0.3, -0.25) is 4.90 Å². The molecule has 20 heavy (non-hydrogen) atoms. The molecule has 1 aliphatic heterocycles. The molecule has 2 fully saturated rings. The normalized spacial score (nSPS) is 27.6. The van der Waals surface area contributed by atoms with Crippen LogP contribution in [0.1, 0.15) is 38.2 Å². The van der Waals surface area contributed by atoms with E-state index < -0.39 is 0 Å². The van der Waals surface area contributed by atoms with Crippen LogP contribution in [0.5, 0.6) is 0 Å². The summed E-state index contributed by atoms with van der Waals surface area (Å²) >= 11 is 0. The van der Waals surface area contributed by atoms with Crippen molar-refractivity contribution in [3.63, 3.8) is 0 Å². The zero-order chi connectivity index (χ0) is 13.8. The topological polar surface area (TPSA) is 15.3 Å². The molecule has 1 aliphatic carbocycles. The highest BCUT2D eigenvalue weighted by Crippen LogP contribution is 2.36. The zero-order valence-corrected chi connectivity index (χ0v) is 12.7. The summed E-state index contributed by atoms with van der Waals surface area (Å²) in [6, 6.07) is 12.4. The molecule has 3 rings (SSSR count). The molecule has 2 heteroatoms. The number of aryl methyl sites for hydroxylation is 1. The van der Waals surface area contributed by atoms with Crippen LogP contribution in [-0.2, 0) is 6.42 Å². The van der Waals surface area contributed by atoms with Gasteiger partial charge in [0, 0.05) is 25.2 Å². The number of unbranched alkanes of at least 4 members (excludes halogenated alkanes) is 1. The van der Waals surface area contributed by atoms with Crippen molar-refractivity contribution in [2.24, 2.45) is 5.92 Å². The smallest absolute Gasteiger partial charge is 0.0249 e. The van der Waals surface area contributed by atoms with Crippen molar-refractivity contribution in [1.29, 1.82) is 0 Å². The highest BCUT2D eigenvalue weighted by molar-refractivity contribution is 5.14. The number of nitrogens with one attached hydrogen (secondary N) is 1. The maximum atomic E-state index is 3.66. The Labute approximate surface area is 123 Å². The maximum absolute atomic E-state index is 3.66. The summed E-state index contributed by atoms with van der Waals surface area (Å²) in [4.78, 5) is 2.77. The molecule has 0 amide bonds. The molecule has 0 radical (unpaired) electrons. The minimum Gasteiger partial charge on any atom is -0.311 e. The van der Waals surface area contributed by atoms with E-state index >= 15 is 0 Å². The molecule has 1 aromatic carbocycles. The molecule has 0 aromatic heterocycles. The number of piperazine rings is 1. The van der Waals surface area contributed by atoms with Crippen LogP contribution in [0.2, 0.25) is 0 Å². The van der Waals surface area contributed by atoms with Crippen molar-refractivity contribution in [2.75, 3.05) is 19.6 Å². The number of hydrogen-bond acceptors (Lipinski definition) is 2. The fourth-order valence-electron chi connectivity index (χ4n) is 3.49. The summed E-state index contributed by atoms with van der Waals surface area (Å²) in [6.07, 6.45) is 6.81. The van der Waals surface area contributed by atoms with Gasteiger partial charge in [-0.15, -0.1) is 0 Å². The Kier molecular flexibility index (Phi) is 4.74. The number of nitrogens with zero attached hydrogens (tertiary/aromatic N) is 1. The Morgan fingerprint density at radius 2 is 1.95 bits per heavy atom. The van der Waals surface area contributed by atoms with Crippen LogP contribution >= 0.6 is 0 Å². The van der Waals surface area contributed by atoms with Crippen molar-refractivity contribution in [2.45, 2.75) is 51.1 Å². The summed E-state index contributed by atoms with van der Waals surface area (Å²) in [6.45, 7) is 6.07. The maximum Gasteiger partial charge on any atom is 0.0249 e.